The largest absolute Gasteiger partial charge is 0.370 e. The van der Waals surface area contributed by atoms with Crippen LogP contribution >= 0.6 is 0 Å². The number of halogens is 2. The summed E-state index contributed by atoms with van der Waals surface area (Å²) in [6, 6.07) is 3.87. The van der Waals surface area contributed by atoms with E-state index in [4.69, 9.17) is 4.74 Å². The normalized spacial score (nSPS) is 36.0. The molecule has 0 radical (unpaired) electrons. The molecule has 1 amide bonds. The van der Waals surface area contributed by atoms with E-state index in [2.05, 4.69) is 12.2 Å². The zero-order valence-corrected chi connectivity index (χ0v) is 14.4. The van der Waals surface area contributed by atoms with Gasteiger partial charge in [0.15, 0.2) is 0 Å². The molecule has 1 aliphatic carbocycles. The summed E-state index contributed by atoms with van der Waals surface area (Å²) < 4.78 is 34.6. The van der Waals surface area contributed by atoms with Gasteiger partial charge in [-0.05, 0) is 37.8 Å². The van der Waals surface area contributed by atoms with E-state index in [1.807, 2.05) is 6.92 Å². The van der Waals surface area contributed by atoms with Crippen LogP contribution in [-0.2, 0) is 9.53 Å². The van der Waals surface area contributed by atoms with Gasteiger partial charge in [-0.1, -0.05) is 19.4 Å². The summed E-state index contributed by atoms with van der Waals surface area (Å²) >= 11 is 0. The number of rotatable bonds is 2. The molecule has 0 spiro atoms. The minimum atomic E-state index is -0.686. The van der Waals surface area contributed by atoms with Gasteiger partial charge in [-0.25, -0.2) is 8.78 Å². The Morgan fingerprint density at radius 2 is 1.96 bits per heavy atom. The molecule has 1 saturated carbocycles. The van der Waals surface area contributed by atoms with E-state index < -0.39 is 23.3 Å². The SMILES string of the molecule is CC(=O)N[C@@]1(C)C[C@H](c2c(F)cccc2F)O[C@@H]2C[C@H](C)CC[C@H]21. The molecular formula is C19H25F2NO2. The molecule has 0 bridgehead atoms. The molecule has 2 aliphatic rings. The highest BCUT2D eigenvalue weighted by molar-refractivity contribution is 5.73. The first-order valence-electron chi connectivity index (χ1n) is 8.68. The Morgan fingerprint density at radius 3 is 2.58 bits per heavy atom. The van der Waals surface area contributed by atoms with Crippen LogP contribution in [0.15, 0.2) is 18.2 Å². The monoisotopic (exact) mass is 337 g/mol. The third-order valence-electron chi connectivity index (χ3n) is 5.60. The van der Waals surface area contributed by atoms with E-state index in [9.17, 15) is 13.6 Å². The summed E-state index contributed by atoms with van der Waals surface area (Å²) in [7, 11) is 0. The molecule has 0 unspecified atom stereocenters. The van der Waals surface area contributed by atoms with Crippen molar-refractivity contribution in [3.05, 3.63) is 35.4 Å². The fraction of sp³-hybridized carbons (Fsp3) is 0.632. The molecule has 24 heavy (non-hydrogen) atoms. The molecule has 0 aromatic heterocycles. The van der Waals surface area contributed by atoms with Gasteiger partial charge in [0.05, 0.1) is 17.8 Å². The van der Waals surface area contributed by atoms with Crippen molar-refractivity contribution in [2.75, 3.05) is 0 Å². The van der Waals surface area contributed by atoms with Gasteiger partial charge >= 0.3 is 0 Å². The Bertz CT molecular complexity index is 616. The van der Waals surface area contributed by atoms with Crippen molar-refractivity contribution in [3.8, 4) is 0 Å². The molecular weight excluding hydrogens is 312 g/mol. The standard InChI is InChI=1S/C19H25F2NO2/c1-11-7-8-13-16(9-11)24-17(10-19(13,3)22-12(2)23)18-14(20)5-4-6-15(18)21/h4-6,11,13,16-17H,7-10H2,1-3H3,(H,22,23)/t11-,13-,16-,17-,19+/m1/s1. The van der Waals surface area contributed by atoms with Crippen molar-refractivity contribution < 1.29 is 18.3 Å². The summed E-state index contributed by atoms with van der Waals surface area (Å²) in [5, 5.41) is 3.05. The summed E-state index contributed by atoms with van der Waals surface area (Å²) in [5.41, 5.74) is -0.542. The average Bonchev–Trinajstić information content (AvgIpc) is 2.45. The first kappa shape index (κ1) is 17.3. The lowest BCUT2D eigenvalue weighted by Gasteiger charge is -2.52. The summed E-state index contributed by atoms with van der Waals surface area (Å²) in [6.07, 6.45) is 2.48. The molecule has 3 nitrogen and oxygen atoms in total. The van der Waals surface area contributed by atoms with Gasteiger partial charge in [-0.2, -0.15) is 0 Å². The summed E-state index contributed by atoms with van der Waals surface area (Å²) in [6.45, 7) is 5.64. The van der Waals surface area contributed by atoms with Crippen LogP contribution < -0.4 is 5.32 Å². The molecule has 5 heteroatoms. The van der Waals surface area contributed by atoms with Gasteiger partial charge in [0, 0.05) is 24.8 Å². The predicted molar refractivity (Wildman–Crippen MR) is 87.3 cm³/mol. The van der Waals surface area contributed by atoms with Gasteiger partial charge in [-0.15, -0.1) is 0 Å². The molecule has 1 aliphatic heterocycles. The van der Waals surface area contributed by atoms with Crippen molar-refractivity contribution in [1.82, 2.24) is 5.32 Å². The van der Waals surface area contributed by atoms with E-state index in [0.29, 0.717) is 12.3 Å². The number of hydrogen-bond donors (Lipinski definition) is 1. The molecule has 1 aromatic carbocycles. The number of ether oxygens (including phenoxy) is 1. The molecule has 5 atom stereocenters. The second-order valence-corrected chi connectivity index (χ2v) is 7.63. The van der Waals surface area contributed by atoms with Crippen LogP contribution in [0.2, 0.25) is 0 Å². The first-order chi connectivity index (χ1) is 11.3. The quantitative estimate of drug-likeness (QED) is 0.881. The number of hydrogen-bond acceptors (Lipinski definition) is 2. The Morgan fingerprint density at radius 1 is 1.29 bits per heavy atom. The number of amides is 1. The lowest BCUT2D eigenvalue weighted by Crippen LogP contribution is -2.60. The predicted octanol–water partition coefficient (Wildman–Crippen LogP) is 4.13. The molecule has 132 valence electrons. The van der Waals surface area contributed by atoms with Crippen LogP contribution in [-0.4, -0.2) is 17.6 Å². The minimum absolute atomic E-state index is 0.0225. The van der Waals surface area contributed by atoms with E-state index in [1.54, 1.807) is 0 Å². The second kappa shape index (κ2) is 6.43. The van der Waals surface area contributed by atoms with Crippen molar-refractivity contribution in [1.29, 1.82) is 0 Å². The van der Waals surface area contributed by atoms with Crippen molar-refractivity contribution >= 4 is 5.91 Å². The van der Waals surface area contributed by atoms with Crippen LogP contribution in [0.4, 0.5) is 8.78 Å². The van der Waals surface area contributed by atoms with Crippen LogP contribution in [0.5, 0.6) is 0 Å². The maximum Gasteiger partial charge on any atom is 0.217 e. The number of nitrogens with one attached hydrogen (secondary N) is 1. The van der Waals surface area contributed by atoms with Crippen molar-refractivity contribution in [2.24, 2.45) is 11.8 Å². The Labute approximate surface area is 141 Å². The van der Waals surface area contributed by atoms with Crippen molar-refractivity contribution in [3.63, 3.8) is 0 Å². The minimum Gasteiger partial charge on any atom is -0.370 e. The topological polar surface area (TPSA) is 38.3 Å². The maximum atomic E-state index is 14.2. The molecule has 1 N–H and O–H groups in total. The van der Waals surface area contributed by atoms with Gasteiger partial charge in [-0.3, -0.25) is 4.79 Å². The fourth-order valence-corrected chi connectivity index (χ4v) is 4.54. The Hall–Kier alpha value is -1.49. The van der Waals surface area contributed by atoms with Crippen LogP contribution in [0.25, 0.3) is 0 Å². The highest BCUT2D eigenvalue weighted by Gasteiger charge is 2.50. The van der Waals surface area contributed by atoms with Crippen LogP contribution in [0.1, 0.15) is 58.1 Å². The van der Waals surface area contributed by atoms with Crippen LogP contribution in [0, 0.1) is 23.5 Å². The Kier molecular flexibility index (Phi) is 4.65. The summed E-state index contributed by atoms with van der Waals surface area (Å²) in [5.74, 6) is -0.620. The molecule has 1 aromatic rings. The third kappa shape index (κ3) is 3.18. The highest BCUT2D eigenvalue weighted by Crippen LogP contribution is 2.48. The van der Waals surface area contributed by atoms with Crippen LogP contribution in [0.3, 0.4) is 0 Å². The smallest absolute Gasteiger partial charge is 0.217 e. The number of benzene rings is 1. The zero-order valence-electron chi connectivity index (χ0n) is 14.4. The maximum absolute atomic E-state index is 14.2. The lowest BCUT2D eigenvalue weighted by atomic mass is 9.66. The van der Waals surface area contributed by atoms with E-state index in [0.717, 1.165) is 19.3 Å². The lowest BCUT2D eigenvalue weighted by molar-refractivity contribution is -0.154. The second-order valence-electron chi connectivity index (χ2n) is 7.63. The third-order valence-corrected chi connectivity index (χ3v) is 5.60. The zero-order chi connectivity index (χ0) is 17.5. The molecule has 3 rings (SSSR count). The van der Waals surface area contributed by atoms with Gasteiger partial charge in [0.2, 0.25) is 5.91 Å². The summed E-state index contributed by atoms with van der Waals surface area (Å²) in [4.78, 5) is 11.7. The molecule has 1 saturated heterocycles. The average molecular weight is 337 g/mol. The number of carbonyl (C=O) groups is 1. The molecule has 2 fully saturated rings. The van der Waals surface area contributed by atoms with Gasteiger partial charge < -0.3 is 10.1 Å². The highest BCUT2D eigenvalue weighted by atomic mass is 19.1. The van der Waals surface area contributed by atoms with E-state index in [1.165, 1.54) is 25.1 Å². The fourth-order valence-electron chi connectivity index (χ4n) is 4.54. The van der Waals surface area contributed by atoms with Crippen molar-refractivity contribution in [2.45, 2.75) is 64.2 Å². The van der Waals surface area contributed by atoms with Gasteiger partial charge in [0.1, 0.15) is 11.6 Å². The van der Waals surface area contributed by atoms with Gasteiger partial charge in [0.25, 0.3) is 0 Å². The van der Waals surface area contributed by atoms with E-state index >= 15 is 0 Å². The number of carbonyl (C=O) groups excluding carboxylic acids is 1. The Balaban J connectivity index is 1.96. The first-order valence-corrected chi connectivity index (χ1v) is 8.68. The molecule has 1 heterocycles. The van der Waals surface area contributed by atoms with E-state index in [-0.39, 0.29) is 23.5 Å². The number of fused-ring (bicyclic) bond motifs is 1.